The van der Waals surface area contributed by atoms with Crippen LogP contribution >= 0.6 is 0 Å². The van der Waals surface area contributed by atoms with Crippen molar-refractivity contribution in [3.63, 3.8) is 0 Å². The van der Waals surface area contributed by atoms with E-state index in [4.69, 9.17) is 5.73 Å². The zero-order valence-corrected chi connectivity index (χ0v) is 14.4. The van der Waals surface area contributed by atoms with Crippen molar-refractivity contribution in [2.45, 2.75) is 6.92 Å². The van der Waals surface area contributed by atoms with Gasteiger partial charge in [0.25, 0.3) is 16.9 Å². The molecule has 0 aliphatic carbocycles. The molecule has 144 valence electrons. The van der Waals surface area contributed by atoms with Crippen molar-refractivity contribution in [3.8, 4) is 0 Å². The Morgan fingerprint density at radius 1 is 1.22 bits per heavy atom. The van der Waals surface area contributed by atoms with Crippen LogP contribution in [0.25, 0.3) is 0 Å². The van der Waals surface area contributed by atoms with Crippen LogP contribution in [-0.2, 0) is 14.4 Å². The van der Waals surface area contributed by atoms with E-state index in [1.54, 1.807) is 0 Å². The second-order valence-corrected chi connectivity index (χ2v) is 5.36. The Kier molecular flexibility index (Phi) is 7.10. The molecule has 0 aliphatic rings. The summed E-state index contributed by atoms with van der Waals surface area (Å²) in [5.41, 5.74) is 4.85. The van der Waals surface area contributed by atoms with Crippen molar-refractivity contribution in [1.82, 2.24) is 9.80 Å². The van der Waals surface area contributed by atoms with Gasteiger partial charge < -0.3 is 10.6 Å². The van der Waals surface area contributed by atoms with Gasteiger partial charge in [0.1, 0.15) is 0 Å². The van der Waals surface area contributed by atoms with E-state index in [2.05, 4.69) is 4.84 Å². The van der Waals surface area contributed by atoms with E-state index in [9.17, 15) is 34.1 Å². The van der Waals surface area contributed by atoms with Crippen LogP contribution in [0.3, 0.4) is 0 Å². The number of aryl methyl sites for hydroxylation is 1. The normalized spacial score (nSPS) is 9.85. The molecule has 0 saturated heterocycles. The van der Waals surface area contributed by atoms with Gasteiger partial charge in [0, 0.05) is 18.2 Å². The molecule has 0 aliphatic heterocycles. The molecule has 0 radical (unpaired) electrons. The number of carbonyl (C=O) groups is 5. The average Bonchev–Trinajstić information content (AvgIpc) is 2.60. The first-order valence-corrected chi connectivity index (χ1v) is 7.29. The summed E-state index contributed by atoms with van der Waals surface area (Å²) in [4.78, 5) is 73.7. The van der Waals surface area contributed by atoms with Crippen LogP contribution in [0, 0.1) is 17.0 Å². The molecular formula is C15H16N4O8. The van der Waals surface area contributed by atoms with Gasteiger partial charge in [-0.25, -0.2) is 0 Å². The summed E-state index contributed by atoms with van der Waals surface area (Å²) in [6.07, 6.45) is 0.416. The number of aldehydes is 1. The van der Waals surface area contributed by atoms with Crippen molar-refractivity contribution in [2.24, 2.45) is 5.73 Å². The smallest absolute Gasteiger partial charge is 0.296 e. The molecule has 0 unspecified atom stereocenters. The van der Waals surface area contributed by atoms with E-state index in [0.29, 0.717) is 11.2 Å². The van der Waals surface area contributed by atoms with E-state index in [1.165, 1.54) is 20.0 Å². The van der Waals surface area contributed by atoms with Crippen molar-refractivity contribution in [2.75, 3.05) is 20.3 Å². The summed E-state index contributed by atoms with van der Waals surface area (Å²) >= 11 is 0. The lowest BCUT2D eigenvalue weighted by molar-refractivity contribution is -0.761. The molecule has 12 nitrogen and oxygen atoms in total. The Bertz CT molecular complexity index is 807. The Balaban J connectivity index is 3.32. The predicted molar refractivity (Wildman–Crippen MR) is 87.9 cm³/mol. The molecule has 0 fully saturated rings. The molecular weight excluding hydrogens is 364 g/mol. The Morgan fingerprint density at radius 2 is 1.85 bits per heavy atom. The minimum Gasteiger partial charge on any atom is -0.368 e. The van der Waals surface area contributed by atoms with E-state index >= 15 is 0 Å². The molecule has 0 atom stereocenters. The topological polar surface area (TPSA) is 170 Å². The molecule has 0 heterocycles. The largest absolute Gasteiger partial charge is 0.368 e. The molecule has 0 saturated carbocycles. The number of imide groups is 1. The minimum absolute atomic E-state index is 0.0274. The number of likely N-dealkylation sites (N-methyl/N-ethyl adjacent to an activating group) is 1. The SMILES string of the molecule is Cc1cc(C=O)c(C(=O)N(C)CC(N)=O)cc1C(=O)N(C=O)CO[N+](=O)[O-]. The van der Waals surface area contributed by atoms with Crippen LogP contribution in [0.5, 0.6) is 0 Å². The molecule has 2 N–H and O–H groups in total. The maximum atomic E-state index is 12.5. The van der Waals surface area contributed by atoms with Gasteiger partial charge in [-0.3, -0.25) is 33.7 Å². The van der Waals surface area contributed by atoms with Gasteiger partial charge >= 0.3 is 0 Å². The van der Waals surface area contributed by atoms with Crippen LogP contribution in [-0.4, -0.2) is 65.6 Å². The summed E-state index contributed by atoms with van der Waals surface area (Å²) in [7, 11) is 1.27. The van der Waals surface area contributed by atoms with Crippen LogP contribution < -0.4 is 5.73 Å². The summed E-state index contributed by atoms with van der Waals surface area (Å²) in [5.74, 6) is -2.52. The van der Waals surface area contributed by atoms with Crippen LogP contribution in [0.4, 0.5) is 0 Å². The number of amides is 4. The number of hydrogen-bond acceptors (Lipinski definition) is 8. The molecule has 12 heteroatoms. The van der Waals surface area contributed by atoms with Crippen molar-refractivity contribution in [1.29, 1.82) is 0 Å². The lowest BCUT2D eigenvalue weighted by Crippen LogP contribution is -2.36. The standard InChI is InChI=1S/C15H16N4O8/c1-9-3-10(6-20)12(14(23)17(2)5-13(16)22)4-11(9)15(24)18(7-21)8-27-19(25)26/h3-4,6-7H,5,8H2,1-2H3,(H2,16,22). The fourth-order valence-electron chi connectivity index (χ4n) is 2.16. The summed E-state index contributed by atoms with van der Waals surface area (Å²) in [5, 5.41) is 9.06. The fraction of sp³-hybridized carbons (Fsp3) is 0.267. The molecule has 27 heavy (non-hydrogen) atoms. The summed E-state index contributed by atoms with van der Waals surface area (Å²) < 4.78 is 0. The quantitative estimate of drug-likeness (QED) is 0.249. The average molecular weight is 380 g/mol. The second kappa shape index (κ2) is 9.03. The molecule has 0 bridgehead atoms. The summed E-state index contributed by atoms with van der Waals surface area (Å²) in [6, 6.07) is 2.30. The monoisotopic (exact) mass is 380 g/mol. The molecule has 1 rings (SSSR count). The number of primary amides is 1. The molecule has 1 aromatic rings. The van der Waals surface area contributed by atoms with Gasteiger partial charge in [-0.1, -0.05) is 0 Å². The Hall–Kier alpha value is -3.83. The lowest BCUT2D eigenvalue weighted by Gasteiger charge is -2.19. The van der Waals surface area contributed by atoms with Crippen molar-refractivity contribution in [3.05, 3.63) is 44.5 Å². The highest BCUT2D eigenvalue weighted by atomic mass is 17.0. The van der Waals surface area contributed by atoms with E-state index in [0.717, 1.165) is 11.0 Å². The third-order valence-corrected chi connectivity index (χ3v) is 3.41. The fourth-order valence-corrected chi connectivity index (χ4v) is 2.16. The van der Waals surface area contributed by atoms with E-state index in [1.807, 2.05) is 0 Å². The number of carbonyl (C=O) groups excluding carboxylic acids is 5. The maximum absolute atomic E-state index is 12.5. The van der Waals surface area contributed by atoms with Gasteiger partial charge in [0.05, 0.1) is 12.1 Å². The Morgan fingerprint density at radius 3 is 2.33 bits per heavy atom. The van der Waals surface area contributed by atoms with Crippen molar-refractivity contribution < 1.29 is 33.9 Å². The van der Waals surface area contributed by atoms with Gasteiger partial charge in [-0.15, -0.1) is 10.1 Å². The number of benzene rings is 1. The van der Waals surface area contributed by atoms with Crippen LogP contribution in [0.1, 0.15) is 36.6 Å². The maximum Gasteiger partial charge on any atom is 0.296 e. The van der Waals surface area contributed by atoms with E-state index < -0.39 is 36.1 Å². The molecule has 0 aromatic heterocycles. The summed E-state index contributed by atoms with van der Waals surface area (Å²) in [6.45, 7) is 0.0689. The van der Waals surface area contributed by atoms with Gasteiger partial charge in [0.2, 0.25) is 12.3 Å². The first-order chi connectivity index (χ1) is 12.6. The predicted octanol–water partition coefficient (Wildman–Crippen LogP) is -0.871. The first-order valence-electron chi connectivity index (χ1n) is 7.29. The zero-order valence-electron chi connectivity index (χ0n) is 14.4. The van der Waals surface area contributed by atoms with Crippen LogP contribution in [0.15, 0.2) is 12.1 Å². The van der Waals surface area contributed by atoms with Gasteiger partial charge in [0.15, 0.2) is 13.0 Å². The number of nitrogens with two attached hydrogens (primary N) is 1. The molecule has 0 spiro atoms. The first kappa shape index (κ1) is 21.2. The zero-order chi connectivity index (χ0) is 20.7. The van der Waals surface area contributed by atoms with Gasteiger partial charge in [-0.2, -0.15) is 0 Å². The van der Waals surface area contributed by atoms with Gasteiger partial charge in [-0.05, 0) is 24.6 Å². The third kappa shape index (κ3) is 5.32. The third-order valence-electron chi connectivity index (χ3n) is 3.41. The van der Waals surface area contributed by atoms with E-state index in [-0.39, 0.29) is 28.7 Å². The number of rotatable bonds is 9. The minimum atomic E-state index is -1.18. The highest BCUT2D eigenvalue weighted by Gasteiger charge is 2.24. The highest BCUT2D eigenvalue weighted by molar-refractivity contribution is 6.07. The lowest BCUT2D eigenvalue weighted by atomic mass is 9.98. The number of nitrogens with zero attached hydrogens (tertiary/aromatic N) is 3. The number of hydrogen-bond donors (Lipinski definition) is 1. The molecule has 4 amide bonds. The Labute approximate surface area is 152 Å². The van der Waals surface area contributed by atoms with Crippen LogP contribution in [0.2, 0.25) is 0 Å². The highest BCUT2D eigenvalue weighted by Crippen LogP contribution is 2.19. The second-order valence-electron chi connectivity index (χ2n) is 5.36. The molecule has 1 aromatic carbocycles. The van der Waals surface area contributed by atoms with Crippen molar-refractivity contribution >= 4 is 30.4 Å².